The molecule has 0 bridgehead atoms. The monoisotopic (exact) mass is 190 g/mol. The van der Waals surface area contributed by atoms with Gasteiger partial charge in [-0.05, 0) is 6.07 Å². The quantitative estimate of drug-likeness (QED) is 0.600. The fourth-order valence-electron chi connectivity index (χ4n) is 1.38. The molecule has 0 fully saturated rings. The molecule has 4 nitrogen and oxygen atoms in total. The van der Waals surface area contributed by atoms with E-state index in [2.05, 4.69) is 0 Å². The lowest BCUT2D eigenvalue weighted by atomic mass is 9.93. The van der Waals surface area contributed by atoms with Crippen LogP contribution in [0, 0.1) is 0 Å². The Kier molecular flexibility index (Phi) is 1.64. The highest BCUT2D eigenvalue weighted by Gasteiger charge is 2.28. The molecule has 0 aromatic heterocycles. The fraction of sp³-hybridized carbons (Fsp3) is 0. The van der Waals surface area contributed by atoms with E-state index in [1.54, 1.807) is 0 Å². The number of ketones is 2. The Bertz CT molecular complexity index is 471. The summed E-state index contributed by atoms with van der Waals surface area (Å²) in [5.41, 5.74) is 0.0621. The molecule has 2 rings (SSSR count). The topological polar surface area (TPSA) is 74.6 Å². The highest BCUT2D eigenvalue weighted by Crippen LogP contribution is 2.29. The van der Waals surface area contributed by atoms with Crippen LogP contribution in [0.3, 0.4) is 0 Å². The van der Waals surface area contributed by atoms with E-state index in [1.807, 2.05) is 0 Å². The van der Waals surface area contributed by atoms with Crippen LogP contribution in [-0.2, 0) is 4.79 Å². The predicted molar refractivity (Wildman–Crippen MR) is 48.1 cm³/mol. The first kappa shape index (κ1) is 8.50. The van der Waals surface area contributed by atoms with Crippen LogP contribution in [0.15, 0.2) is 24.3 Å². The summed E-state index contributed by atoms with van der Waals surface area (Å²) in [5.74, 6) is -2.20. The zero-order valence-corrected chi connectivity index (χ0v) is 7.02. The highest BCUT2D eigenvalue weighted by atomic mass is 16.3. The first-order valence-electron chi connectivity index (χ1n) is 3.93. The van der Waals surface area contributed by atoms with Gasteiger partial charge in [-0.2, -0.15) is 0 Å². The van der Waals surface area contributed by atoms with Crippen molar-refractivity contribution < 1.29 is 19.8 Å². The van der Waals surface area contributed by atoms with Crippen LogP contribution >= 0.6 is 0 Å². The number of allylic oxidation sites excluding steroid dienone is 1. The molecule has 1 aromatic carbocycles. The van der Waals surface area contributed by atoms with Gasteiger partial charge in [0.1, 0.15) is 11.5 Å². The second-order valence-corrected chi connectivity index (χ2v) is 2.92. The lowest BCUT2D eigenvalue weighted by Crippen LogP contribution is -2.18. The van der Waals surface area contributed by atoms with Gasteiger partial charge in [-0.15, -0.1) is 0 Å². The molecule has 0 unspecified atom stereocenters. The van der Waals surface area contributed by atoms with Crippen molar-refractivity contribution in [1.29, 1.82) is 0 Å². The average Bonchev–Trinajstić information content (AvgIpc) is 2.14. The number of phenolic OH excluding ortho intramolecular Hbond substituents is 1. The molecule has 1 aromatic rings. The van der Waals surface area contributed by atoms with E-state index in [1.165, 1.54) is 18.2 Å². The minimum atomic E-state index is -0.823. The summed E-state index contributed by atoms with van der Waals surface area (Å²) in [5, 5.41) is 18.7. The summed E-state index contributed by atoms with van der Waals surface area (Å²) < 4.78 is 0. The minimum Gasteiger partial charge on any atom is -0.507 e. The van der Waals surface area contributed by atoms with Gasteiger partial charge >= 0.3 is 0 Å². The van der Waals surface area contributed by atoms with Crippen LogP contribution in [0.4, 0.5) is 0 Å². The number of aromatic hydroxyl groups is 1. The number of aliphatic hydroxyl groups excluding tert-OH is 1. The third-order valence-corrected chi connectivity index (χ3v) is 2.04. The summed E-state index contributed by atoms with van der Waals surface area (Å²) in [6, 6.07) is 4.25. The van der Waals surface area contributed by atoms with Gasteiger partial charge in [0.15, 0.2) is 0 Å². The van der Waals surface area contributed by atoms with E-state index >= 15 is 0 Å². The maximum absolute atomic E-state index is 11.3. The Labute approximate surface area is 79.1 Å². The molecule has 0 atom stereocenters. The Morgan fingerprint density at radius 3 is 2.50 bits per heavy atom. The maximum atomic E-state index is 11.3. The Hall–Kier alpha value is -2.10. The van der Waals surface area contributed by atoms with Crippen molar-refractivity contribution in [2.75, 3.05) is 0 Å². The van der Waals surface area contributed by atoms with E-state index in [9.17, 15) is 19.8 Å². The molecule has 2 N–H and O–H groups in total. The number of rotatable bonds is 0. The first-order chi connectivity index (χ1) is 6.61. The van der Waals surface area contributed by atoms with Crippen LogP contribution in [0.25, 0.3) is 5.76 Å². The van der Waals surface area contributed by atoms with Crippen molar-refractivity contribution in [1.82, 2.24) is 0 Å². The SMILES string of the molecule is O=C1C=C(O)c2cccc(O)c2C1=O. The second-order valence-electron chi connectivity index (χ2n) is 2.92. The number of carbonyl (C=O) groups excluding carboxylic acids is 2. The van der Waals surface area contributed by atoms with E-state index in [4.69, 9.17) is 0 Å². The number of Topliss-reactive ketones (excluding diaryl/α,β-unsaturated/α-hetero) is 1. The number of hydrogen-bond acceptors (Lipinski definition) is 4. The van der Waals surface area contributed by atoms with Crippen molar-refractivity contribution in [3.05, 3.63) is 35.4 Å². The molecule has 1 aliphatic rings. The van der Waals surface area contributed by atoms with Gasteiger partial charge in [-0.3, -0.25) is 9.59 Å². The molecule has 70 valence electrons. The number of fused-ring (bicyclic) bond motifs is 1. The number of benzene rings is 1. The summed E-state index contributed by atoms with van der Waals surface area (Å²) >= 11 is 0. The summed E-state index contributed by atoms with van der Waals surface area (Å²) in [7, 11) is 0. The molecule has 0 radical (unpaired) electrons. The Morgan fingerprint density at radius 1 is 1.07 bits per heavy atom. The lowest BCUT2D eigenvalue weighted by molar-refractivity contribution is -0.111. The summed E-state index contributed by atoms with van der Waals surface area (Å²) in [6.45, 7) is 0. The smallest absolute Gasteiger partial charge is 0.237 e. The van der Waals surface area contributed by atoms with Crippen LogP contribution in [-0.4, -0.2) is 21.8 Å². The van der Waals surface area contributed by atoms with Crippen LogP contribution in [0.5, 0.6) is 5.75 Å². The zero-order valence-electron chi connectivity index (χ0n) is 7.02. The maximum Gasteiger partial charge on any atom is 0.237 e. The number of hydrogen-bond donors (Lipinski definition) is 2. The molecule has 14 heavy (non-hydrogen) atoms. The minimum absolute atomic E-state index is 0.127. The highest BCUT2D eigenvalue weighted by molar-refractivity contribution is 6.50. The fourth-order valence-corrected chi connectivity index (χ4v) is 1.38. The zero-order chi connectivity index (χ0) is 10.3. The molecule has 0 spiro atoms. The number of carbonyl (C=O) groups is 2. The Morgan fingerprint density at radius 2 is 1.79 bits per heavy atom. The van der Waals surface area contributed by atoms with Gasteiger partial charge in [0.2, 0.25) is 11.6 Å². The molecule has 0 amide bonds. The molecular formula is C10H6O4. The molecular weight excluding hydrogens is 184 g/mol. The van der Waals surface area contributed by atoms with Gasteiger partial charge in [-0.25, -0.2) is 0 Å². The molecule has 1 aliphatic carbocycles. The third-order valence-electron chi connectivity index (χ3n) is 2.04. The van der Waals surface area contributed by atoms with E-state index < -0.39 is 11.6 Å². The van der Waals surface area contributed by atoms with E-state index in [0.717, 1.165) is 6.08 Å². The van der Waals surface area contributed by atoms with Gasteiger partial charge in [-0.1, -0.05) is 12.1 Å². The van der Waals surface area contributed by atoms with Crippen molar-refractivity contribution >= 4 is 17.3 Å². The van der Waals surface area contributed by atoms with Gasteiger partial charge in [0, 0.05) is 11.6 Å². The molecule has 0 heterocycles. The summed E-state index contributed by atoms with van der Waals surface area (Å²) in [6.07, 6.45) is 0.851. The van der Waals surface area contributed by atoms with Crippen molar-refractivity contribution in [3.63, 3.8) is 0 Å². The van der Waals surface area contributed by atoms with Gasteiger partial charge in [0.25, 0.3) is 0 Å². The summed E-state index contributed by atoms with van der Waals surface area (Å²) in [4.78, 5) is 22.3. The van der Waals surface area contributed by atoms with Crippen LogP contribution in [0.2, 0.25) is 0 Å². The molecule has 0 saturated heterocycles. The number of aliphatic hydroxyl groups is 1. The van der Waals surface area contributed by atoms with E-state index in [0.29, 0.717) is 0 Å². The van der Waals surface area contributed by atoms with Gasteiger partial charge < -0.3 is 10.2 Å². The van der Waals surface area contributed by atoms with Crippen molar-refractivity contribution in [3.8, 4) is 5.75 Å². The standard InChI is InChI=1S/C10H6O4/c11-6-3-1-2-5-7(12)4-8(13)10(14)9(5)6/h1-4,11-12H. The molecule has 0 aliphatic heterocycles. The van der Waals surface area contributed by atoms with Crippen molar-refractivity contribution in [2.45, 2.75) is 0 Å². The Balaban J connectivity index is 2.78. The van der Waals surface area contributed by atoms with Gasteiger partial charge in [0.05, 0.1) is 5.56 Å². The van der Waals surface area contributed by atoms with Crippen LogP contribution in [0.1, 0.15) is 15.9 Å². The average molecular weight is 190 g/mol. The first-order valence-corrected chi connectivity index (χ1v) is 3.93. The molecule has 0 saturated carbocycles. The second kappa shape index (κ2) is 2.70. The third kappa shape index (κ3) is 1.01. The normalized spacial score (nSPS) is 15.0. The lowest BCUT2D eigenvalue weighted by Gasteiger charge is -2.12. The number of phenols is 1. The molecule has 4 heteroatoms. The van der Waals surface area contributed by atoms with E-state index in [-0.39, 0.29) is 22.6 Å². The predicted octanol–water partition coefficient (Wildman–Crippen LogP) is 1.06. The van der Waals surface area contributed by atoms with Crippen molar-refractivity contribution in [2.24, 2.45) is 0 Å². The van der Waals surface area contributed by atoms with Crippen LogP contribution < -0.4 is 0 Å². The largest absolute Gasteiger partial charge is 0.507 e.